The number of nitrogens with zero attached hydrogens (tertiary/aromatic N) is 2. The molecule has 9 nitrogen and oxygen atoms in total. The van der Waals surface area contributed by atoms with E-state index in [0.717, 1.165) is 10.8 Å². The van der Waals surface area contributed by atoms with Crippen molar-refractivity contribution in [2.24, 2.45) is 5.10 Å². The maximum absolute atomic E-state index is 11.8. The molecule has 1 heterocycles. The summed E-state index contributed by atoms with van der Waals surface area (Å²) >= 11 is 0. The molecule has 3 rings (SSSR count). The number of hydrogen-bond acceptors (Lipinski definition) is 6. The first-order valence-corrected chi connectivity index (χ1v) is 7.25. The van der Waals surface area contributed by atoms with Crippen molar-refractivity contribution >= 4 is 22.9 Å². The zero-order valence-corrected chi connectivity index (χ0v) is 12.8. The van der Waals surface area contributed by atoms with Crippen LogP contribution in [0.3, 0.4) is 0 Å². The van der Waals surface area contributed by atoms with Crippen LogP contribution < -0.4 is 16.7 Å². The summed E-state index contributed by atoms with van der Waals surface area (Å²) in [4.78, 5) is 36.1. The molecule has 0 aliphatic heterocycles. The molecule has 1 amide bonds. The van der Waals surface area contributed by atoms with E-state index < -0.39 is 17.2 Å². The summed E-state index contributed by atoms with van der Waals surface area (Å²) in [5.74, 6) is -0.573. The lowest BCUT2D eigenvalue weighted by Crippen LogP contribution is -2.31. The van der Waals surface area contributed by atoms with E-state index in [1.54, 1.807) is 6.07 Å². The number of phenolic OH excluding ortho intramolecular Hbond substituents is 1. The van der Waals surface area contributed by atoms with Gasteiger partial charge in [-0.1, -0.05) is 30.3 Å². The van der Waals surface area contributed by atoms with Gasteiger partial charge >= 0.3 is 5.69 Å². The molecule has 0 radical (unpaired) electrons. The van der Waals surface area contributed by atoms with E-state index in [2.05, 4.69) is 15.6 Å². The van der Waals surface area contributed by atoms with Crippen LogP contribution in [0.1, 0.15) is 11.3 Å². The number of benzene rings is 2. The van der Waals surface area contributed by atoms with Gasteiger partial charge in [0, 0.05) is 5.56 Å². The Bertz CT molecular complexity index is 1080. The third-order valence-electron chi connectivity index (χ3n) is 3.44. The van der Waals surface area contributed by atoms with Gasteiger partial charge in [0.05, 0.1) is 12.6 Å². The summed E-state index contributed by atoms with van der Waals surface area (Å²) in [5.41, 5.74) is 1.07. The minimum Gasteiger partial charge on any atom is -0.507 e. The number of nitrogens with one attached hydrogen (secondary N) is 3. The van der Waals surface area contributed by atoms with Crippen molar-refractivity contribution in [3.63, 3.8) is 0 Å². The van der Waals surface area contributed by atoms with E-state index in [1.807, 2.05) is 34.3 Å². The first-order chi connectivity index (χ1) is 12.0. The number of H-pyrrole nitrogens is 2. The molecule has 0 saturated heterocycles. The van der Waals surface area contributed by atoms with E-state index in [9.17, 15) is 19.5 Å². The van der Waals surface area contributed by atoms with Gasteiger partial charge in [-0.2, -0.15) is 10.2 Å². The fourth-order valence-corrected chi connectivity index (χ4v) is 2.27. The van der Waals surface area contributed by atoms with Crippen LogP contribution in [0.5, 0.6) is 5.75 Å². The van der Waals surface area contributed by atoms with Crippen LogP contribution in [0.25, 0.3) is 10.8 Å². The largest absolute Gasteiger partial charge is 0.507 e. The molecule has 0 fully saturated rings. The lowest BCUT2D eigenvalue weighted by atomic mass is 10.0. The Morgan fingerprint density at radius 3 is 2.84 bits per heavy atom. The number of aromatic hydroxyl groups is 1. The van der Waals surface area contributed by atoms with Crippen LogP contribution in [0, 0.1) is 0 Å². The second-order valence-electron chi connectivity index (χ2n) is 5.14. The number of phenols is 1. The van der Waals surface area contributed by atoms with Crippen molar-refractivity contribution in [1.29, 1.82) is 0 Å². The molecule has 0 spiro atoms. The van der Waals surface area contributed by atoms with Gasteiger partial charge in [-0.15, -0.1) is 0 Å². The van der Waals surface area contributed by atoms with Crippen LogP contribution in [-0.4, -0.2) is 32.4 Å². The van der Waals surface area contributed by atoms with Gasteiger partial charge in [0.15, 0.2) is 0 Å². The normalized spacial score (nSPS) is 11.0. The summed E-state index contributed by atoms with van der Waals surface area (Å²) in [5, 5.41) is 21.0. The summed E-state index contributed by atoms with van der Waals surface area (Å²) in [6, 6.07) is 10.7. The molecule has 0 atom stereocenters. The van der Waals surface area contributed by atoms with Gasteiger partial charge in [-0.05, 0) is 16.8 Å². The summed E-state index contributed by atoms with van der Waals surface area (Å²) in [6.07, 6.45) is 0.963. The molecule has 0 saturated carbocycles. The minimum atomic E-state index is -0.751. The van der Waals surface area contributed by atoms with Crippen LogP contribution in [-0.2, 0) is 11.2 Å². The third-order valence-corrected chi connectivity index (χ3v) is 3.44. The standard InChI is InChI=1S/C16H13N5O4/c22-13-6-5-9-3-1-2-4-10(9)11(13)8-17-20-14(23)7-12-15(24)18-16(25)21-19-12/h1-6,8,22H,7H2,(H,20,23)(H2,18,21,24,25)/b17-8-. The van der Waals surface area contributed by atoms with E-state index >= 15 is 0 Å². The van der Waals surface area contributed by atoms with E-state index in [-0.39, 0.29) is 17.9 Å². The quantitative estimate of drug-likeness (QED) is 0.391. The summed E-state index contributed by atoms with van der Waals surface area (Å²) in [7, 11) is 0. The molecule has 4 N–H and O–H groups in total. The average molecular weight is 339 g/mol. The fourth-order valence-electron chi connectivity index (χ4n) is 2.27. The lowest BCUT2D eigenvalue weighted by Gasteiger charge is -2.04. The molecule has 3 aromatic rings. The Morgan fingerprint density at radius 1 is 1.24 bits per heavy atom. The average Bonchev–Trinajstić information content (AvgIpc) is 2.59. The first kappa shape index (κ1) is 16.1. The number of rotatable bonds is 4. The van der Waals surface area contributed by atoms with Crippen LogP contribution in [0.4, 0.5) is 0 Å². The number of hydrogen-bond donors (Lipinski definition) is 4. The van der Waals surface area contributed by atoms with Gasteiger partial charge in [0.25, 0.3) is 5.56 Å². The van der Waals surface area contributed by atoms with Crippen molar-refractivity contribution < 1.29 is 9.90 Å². The molecule has 2 aromatic carbocycles. The van der Waals surface area contributed by atoms with Gasteiger partial charge in [-0.3, -0.25) is 14.6 Å². The molecule has 0 bridgehead atoms. The summed E-state index contributed by atoms with van der Waals surface area (Å²) in [6.45, 7) is 0. The predicted octanol–water partition coefficient (Wildman–Crippen LogP) is 0.00980. The van der Waals surface area contributed by atoms with Gasteiger partial charge < -0.3 is 5.11 Å². The van der Waals surface area contributed by atoms with Crippen molar-refractivity contribution in [3.05, 3.63) is 68.5 Å². The number of carbonyl (C=O) groups is 1. The summed E-state index contributed by atoms with van der Waals surface area (Å²) < 4.78 is 0. The van der Waals surface area contributed by atoms with Gasteiger partial charge in [0.2, 0.25) is 5.91 Å². The number of carbonyl (C=O) groups excluding carboxylic acids is 1. The molecule has 0 aliphatic carbocycles. The lowest BCUT2D eigenvalue weighted by molar-refractivity contribution is -0.120. The van der Waals surface area contributed by atoms with Crippen molar-refractivity contribution in [2.75, 3.05) is 0 Å². The van der Waals surface area contributed by atoms with Gasteiger partial charge in [-0.25, -0.2) is 15.3 Å². The fraction of sp³-hybridized carbons (Fsp3) is 0.0625. The topological polar surface area (TPSA) is 140 Å². The number of fused-ring (bicyclic) bond motifs is 1. The van der Waals surface area contributed by atoms with E-state index in [4.69, 9.17) is 0 Å². The zero-order valence-electron chi connectivity index (χ0n) is 12.8. The number of aromatic nitrogens is 3. The third kappa shape index (κ3) is 3.61. The Morgan fingerprint density at radius 2 is 2.04 bits per heavy atom. The Hall–Kier alpha value is -3.75. The maximum atomic E-state index is 11.8. The molecule has 1 aromatic heterocycles. The number of amides is 1. The molecule has 126 valence electrons. The highest BCUT2D eigenvalue weighted by molar-refractivity contribution is 6.02. The zero-order chi connectivity index (χ0) is 17.8. The smallest absolute Gasteiger partial charge is 0.342 e. The monoisotopic (exact) mass is 339 g/mol. The van der Waals surface area contributed by atoms with Crippen molar-refractivity contribution in [1.82, 2.24) is 20.6 Å². The van der Waals surface area contributed by atoms with Gasteiger partial charge in [0.1, 0.15) is 11.4 Å². The highest BCUT2D eigenvalue weighted by Crippen LogP contribution is 2.25. The molecular weight excluding hydrogens is 326 g/mol. The second kappa shape index (κ2) is 6.79. The Labute approximate surface area is 140 Å². The molecule has 25 heavy (non-hydrogen) atoms. The maximum Gasteiger partial charge on any atom is 0.342 e. The number of hydrazone groups is 1. The SMILES string of the molecule is O=C(Cc1n[nH]c(=O)[nH]c1=O)N/N=C\c1c(O)ccc2ccccc12. The predicted molar refractivity (Wildman–Crippen MR) is 90.5 cm³/mol. The molecule has 9 heteroatoms. The Kier molecular flexibility index (Phi) is 4.38. The second-order valence-corrected chi connectivity index (χ2v) is 5.14. The van der Waals surface area contributed by atoms with Crippen LogP contribution in [0.15, 0.2) is 51.1 Å². The van der Waals surface area contributed by atoms with Crippen LogP contribution in [0.2, 0.25) is 0 Å². The molecule has 0 aliphatic rings. The van der Waals surface area contributed by atoms with Crippen molar-refractivity contribution in [2.45, 2.75) is 6.42 Å². The minimum absolute atomic E-state index is 0.0236. The first-order valence-electron chi connectivity index (χ1n) is 7.25. The van der Waals surface area contributed by atoms with E-state index in [1.165, 1.54) is 12.3 Å². The Balaban J connectivity index is 1.75. The highest BCUT2D eigenvalue weighted by atomic mass is 16.3. The highest BCUT2D eigenvalue weighted by Gasteiger charge is 2.09. The van der Waals surface area contributed by atoms with Crippen molar-refractivity contribution in [3.8, 4) is 5.75 Å². The molecular formula is C16H13N5O4. The van der Waals surface area contributed by atoms with E-state index in [0.29, 0.717) is 5.56 Å². The number of aromatic amines is 2. The van der Waals surface area contributed by atoms with Crippen LogP contribution >= 0.6 is 0 Å². The molecule has 0 unspecified atom stereocenters.